The number of carbonyl (C=O) groups is 1. The van der Waals surface area contributed by atoms with E-state index in [1.807, 2.05) is 0 Å². The van der Waals surface area contributed by atoms with Crippen molar-refractivity contribution in [1.82, 2.24) is 4.98 Å². The Labute approximate surface area is 90.2 Å². The Morgan fingerprint density at radius 2 is 2.12 bits per heavy atom. The molecule has 0 bridgehead atoms. The quantitative estimate of drug-likeness (QED) is 0.797. The molecular weight excluding hydrogens is 222 g/mol. The molecule has 0 aliphatic rings. The topological polar surface area (TPSA) is 74.4 Å². The zero-order valence-corrected chi connectivity index (χ0v) is 8.66. The Balaban J connectivity index is 3.31. The highest BCUT2D eigenvalue weighted by Gasteiger charge is 2.21. The van der Waals surface area contributed by atoms with E-state index >= 15 is 0 Å². The van der Waals surface area contributed by atoms with Crippen LogP contribution in [0.4, 0.5) is 14.6 Å². The number of nitrogen functional groups attached to an aromatic ring is 1. The number of nitrogens with two attached hydrogens (primary N) is 1. The first-order valence-electron chi connectivity index (χ1n) is 4.22. The largest absolute Gasteiger partial charge is 0.495 e. The minimum absolute atomic E-state index is 0.108. The number of methoxy groups -OCH3 is 2. The number of pyridine rings is 1. The molecule has 0 aliphatic carbocycles. The number of carbonyl (C=O) groups excluding carboxylic acids is 1. The lowest BCUT2D eigenvalue weighted by atomic mass is 10.2. The molecule has 1 aromatic rings. The van der Waals surface area contributed by atoms with E-state index < -0.39 is 18.1 Å². The first kappa shape index (κ1) is 12.2. The molecule has 0 saturated heterocycles. The normalized spacial score (nSPS) is 10.3. The molecule has 7 heteroatoms. The van der Waals surface area contributed by atoms with Crippen LogP contribution < -0.4 is 10.5 Å². The van der Waals surface area contributed by atoms with Gasteiger partial charge in [0.05, 0.1) is 14.2 Å². The highest BCUT2D eigenvalue weighted by atomic mass is 19.3. The Hall–Kier alpha value is -1.92. The molecule has 88 valence electrons. The molecule has 5 nitrogen and oxygen atoms in total. The third kappa shape index (κ3) is 2.18. The van der Waals surface area contributed by atoms with Gasteiger partial charge in [0.15, 0.2) is 5.69 Å². The second-order valence-corrected chi connectivity index (χ2v) is 2.80. The summed E-state index contributed by atoms with van der Waals surface area (Å²) in [7, 11) is 2.34. The maximum Gasteiger partial charge on any atom is 0.341 e. The van der Waals surface area contributed by atoms with Crippen LogP contribution in [-0.4, -0.2) is 25.2 Å². The number of hydrogen-bond acceptors (Lipinski definition) is 5. The van der Waals surface area contributed by atoms with E-state index in [4.69, 9.17) is 10.5 Å². The molecule has 0 atom stereocenters. The Bertz CT molecular complexity index is 410. The van der Waals surface area contributed by atoms with E-state index in [0.717, 1.165) is 13.2 Å². The van der Waals surface area contributed by atoms with E-state index in [2.05, 4.69) is 9.72 Å². The summed E-state index contributed by atoms with van der Waals surface area (Å²) >= 11 is 0. The van der Waals surface area contributed by atoms with Crippen LogP contribution in [0.2, 0.25) is 0 Å². The maximum atomic E-state index is 12.5. The molecule has 1 rings (SSSR count). The Kier molecular flexibility index (Phi) is 3.60. The molecule has 0 spiro atoms. The first-order chi connectivity index (χ1) is 7.51. The number of hydrogen-bond donors (Lipinski definition) is 1. The van der Waals surface area contributed by atoms with Gasteiger partial charge in [-0.25, -0.2) is 18.6 Å². The summed E-state index contributed by atoms with van der Waals surface area (Å²) in [5, 5.41) is 0. The standard InChI is InChI=1S/C9H10F2N2O3/c1-15-5-3-4(9(14)16-2)8(12)13-6(5)7(10)11/h3,7H,1-2H3,(H2,12,13). The van der Waals surface area contributed by atoms with Crippen LogP contribution in [0.15, 0.2) is 6.07 Å². The second kappa shape index (κ2) is 4.73. The zero-order chi connectivity index (χ0) is 12.3. The SMILES string of the molecule is COC(=O)c1cc(OC)c(C(F)F)nc1N. The van der Waals surface area contributed by atoms with Crippen molar-refractivity contribution in [3.05, 3.63) is 17.3 Å². The van der Waals surface area contributed by atoms with Crippen LogP contribution in [0.5, 0.6) is 5.75 Å². The summed E-state index contributed by atoms with van der Waals surface area (Å²) in [6, 6.07) is 1.08. The lowest BCUT2D eigenvalue weighted by molar-refractivity contribution is 0.0600. The average Bonchev–Trinajstić information content (AvgIpc) is 2.27. The van der Waals surface area contributed by atoms with E-state index in [0.29, 0.717) is 0 Å². The number of anilines is 1. The van der Waals surface area contributed by atoms with Crippen molar-refractivity contribution in [3.63, 3.8) is 0 Å². The fourth-order valence-corrected chi connectivity index (χ4v) is 1.12. The summed E-state index contributed by atoms with van der Waals surface area (Å²) in [5.41, 5.74) is 4.65. The Morgan fingerprint density at radius 3 is 2.56 bits per heavy atom. The minimum atomic E-state index is -2.83. The third-order valence-corrected chi connectivity index (χ3v) is 1.88. The summed E-state index contributed by atoms with van der Waals surface area (Å²) in [4.78, 5) is 14.6. The van der Waals surface area contributed by atoms with Gasteiger partial charge < -0.3 is 15.2 Å². The van der Waals surface area contributed by atoms with Crippen LogP contribution in [-0.2, 0) is 4.74 Å². The highest BCUT2D eigenvalue weighted by Crippen LogP contribution is 2.30. The molecular formula is C9H10F2N2O3. The fraction of sp³-hybridized carbons (Fsp3) is 0.333. The van der Waals surface area contributed by atoms with Crippen molar-refractivity contribution < 1.29 is 23.0 Å². The predicted octanol–water partition coefficient (Wildman–Crippen LogP) is 1.40. The lowest BCUT2D eigenvalue weighted by Gasteiger charge is -2.10. The van der Waals surface area contributed by atoms with Crippen LogP contribution >= 0.6 is 0 Å². The molecule has 0 unspecified atom stereocenters. The number of alkyl halides is 2. The van der Waals surface area contributed by atoms with Gasteiger partial charge in [0.2, 0.25) is 0 Å². The van der Waals surface area contributed by atoms with Crippen molar-refractivity contribution >= 4 is 11.8 Å². The number of aromatic nitrogens is 1. The van der Waals surface area contributed by atoms with E-state index in [1.54, 1.807) is 0 Å². The van der Waals surface area contributed by atoms with Crippen LogP contribution in [0.1, 0.15) is 22.5 Å². The maximum absolute atomic E-state index is 12.5. The number of halogens is 2. The predicted molar refractivity (Wildman–Crippen MR) is 51.5 cm³/mol. The zero-order valence-electron chi connectivity index (χ0n) is 8.66. The first-order valence-corrected chi connectivity index (χ1v) is 4.22. The monoisotopic (exact) mass is 232 g/mol. The van der Waals surface area contributed by atoms with Gasteiger partial charge in [-0.1, -0.05) is 0 Å². The summed E-state index contributed by atoms with van der Waals surface area (Å²) in [5.74, 6) is -1.28. The van der Waals surface area contributed by atoms with Gasteiger partial charge >= 0.3 is 5.97 Å². The molecule has 0 amide bonds. The van der Waals surface area contributed by atoms with Gasteiger partial charge in [-0.15, -0.1) is 0 Å². The summed E-state index contributed by atoms with van der Waals surface area (Å²) < 4.78 is 34.1. The van der Waals surface area contributed by atoms with E-state index in [9.17, 15) is 13.6 Å². The lowest BCUT2D eigenvalue weighted by Crippen LogP contribution is -2.10. The fourth-order valence-electron chi connectivity index (χ4n) is 1.12. The number of esters is 1. The van der Waals surface area contributed by atoms with Crippen molar-refractivity contribution in [3.8, 4) is 5.75 Å². The molecule has 0 aliphatic heterocycles. The van der Waals surface area contributed by atoms with Gasteiger partial charge in [-0.05, 0) is 0 Å². The molecule has 16 heavy (non-hydrogen) atoms. The van der Waals surface area contributed by atoms with Crippen LogP contribution in [0.3, 0.4) is 0 Å². The van der Waals surface area contributed by atoms with Crippen molar-refractivity contribution in [2.45, 2.75) is 6.43 Å². The summed E-state index contributed by atoms with van der Waals surface area (Å²) in [6.45, 7) is 0. The van der Waals surface area contributed by atoms with Gasteiger partial charge in [0.1, 0.15) is 17.1 Å². The molecule has 0 radical (unpaired) electrons. The van der Waals surface area contributed by atoms with Crippen molar-refractivity contribution in [2.75, 3.05) is 20.0 Å². The highest BCUT2D eigenvalue weighted by molar-refractivity contribution is 5.94. The van der Waals surface area contributed by atoms with Crippen molar-refractivity contribution in [1.29, 1.82) is 0 Å². The summed E-state index contributed by atoms with van der Waals surface area (Å²) in [6.07, 6.45) is -2.83. The van der Waals surface area contributed by atoms with Crippen molar-refractivity contribution in [2.24, 2.45) is 0 Å². The van der Waals surface area contributed by atoms with Gasteiger partial charge in [-0.3, -0.25) is 0 Å². The number of ether oxygens (including phenoxy) is 2. The second-order valence-electron chi connectivity index (χ2n) is 2.80. The number of rotatable bonds is 3. The number of nitrogens with zero attached hydrogens (tertiary/aromatic N) is 1. The third-order valence-electron chi connectivity index (χ3n) is 1.88. The smallest absolute Gasteiger partial charge is 0.341 e. The van der Waals surface area contributed by atoms with Gasteiger partial charge in [0, 0.05) is 6.07 Å². The van der Waals surface area contributed by atoms with E-state index in [-0.39, 0.29) is 17.1 Å². The molecule has 1 aromatic heterocycles. The molecule has 0 fully saturated rings. The minimum Gasteiger partial charge on any atom is -0.495 e. The average molecular weight is 232 g/mol. The molecule has 2 N–H and O–H groups in total. The molecule has 0 saturated carbocycles. The van der Waals surface area contributed by atoms with Gasteiger partial charge in [0.25, 0.3) is 6.43 Å². The van der Waals surface area contributed by atoms with E-state index in [1.165, 1.54) is 7.11 Å². The molecule has 0 aromatic carbocycles. The van der Waals surface area contributed by atoms with Gasteiger partial charge in [-0.2, -0.15) is 0 Å². The molecule has 1 heterocycles. The van der Waals surface area contributed by atoms with Crippen LogP contribution in [0, 0.1) is 0 Å². The van der Waals surface area contributed by atoms with Crippen LogP contribution in [0.25, 0.3) is 0 Å². The Morgan fingerprint density at radius 1 is 1.50 bits per heavy atom.